The molecule has 0 bridgehead atoms. The van der Waals surface area contributed by atoms with Gasteiger partial charge in [0, 0.05) is 31.9 Å². The highest BCUT2D eigenvalue weighted by molar-refractivity contribution is 5.92. The average Bonchev–Trinajstić information content (AvgIpc) is 3.07. The van der Waals surface area contributed by atoms with Crippen LogP contribution in [0.5, 0.6) is 0 Å². The van der Waals surface area contributed by atoms with Crippen LogP contribution in [0.2, 0.25) is 0 Å². The van der Waals surface area contributed by atoms with Crippen LogP contribution in [0.4, 0.5) is 0 Å². The van der Waals surface area contributed by atoms with E-state index in [2.05, 4.69) is 9.47 Å². The minimum atomic E-state index is 0.163. The van der Waals surface area contributed by atoms with Gasteiger partial charge in [0.2, 0.25) is 0 Å². The summed E-state index contributed by atoms with van der Waals surface area (Å²) in [6.45, 7) is 4.50. The lowest BCUT2D eigenvalue weighted by Gasteiger charge is -2.23. The van der Waals surface area contributed by atoms with Gasteiger partial charge in [-0.15, -0.1) is 0 Å². The van der Waals surface area contributed by atoms with Gasteiger partial charge in [-0.3, -0.25) is 4.79 Å². The molecule has 1 amide bonds. The van der Waals surface area contributed by atoms with Crippen molar-refractivity contribution in [2.24, 2.45) is 0 Å². The maximum atomic E-state index is 12.5. The first-order chi connectivity index (χ1) is 8.63. The molecule has 0 unspecified atom stereocenters. The third kappa shape index (κ3) is 2.93. The minimum absolute atomic E-state index is 0.163. The summed E-state index contributed by atoms with van der Waals surface area (Å²) in [6, 6.07) is 4.48. The molecule has 0 spiro atoms. The molecule has 1 heterocycles. The van der Waals surface area contributed by atoms with Gasteiger partial charge in [-0.25, -0.2) is 0 Å². The predicted molar refractivity (Wildman–Crippen MR) is 72.8 cm³/mol. The molecule has 0 radical (unpaired) electrons. The molecule has 0 aromatic carbocycles. The topological polar surface area (TPSA) is 28.5 Å². The standard InChI is InChI=1S/C14H23N3O/c1-4-16(11-10-15(2)3)14(18)13-6-5-9-17(13)12-7-8-12/h5-6,9,12H,4,7-8,10-11H2,1-3H3. The largest absolute Gasteiger partial charge is 0.340 e. The second-order valence-corrected chi connectivity index (χ2v) is 5.22. The minimum Gasteiger partial charge on any atom is -0.340 e. The Hall–Kier alpha value is -1.29. The van der Waals surface area contributed by atoms with Gasteiger partial charge < -0.3 is 14.4 Å². The summed E-state index contributed by atoms with van der Waals surface area (Å²) >= 11 is 0. The number of nitrogens with zero attached hydrogens (tertiary/aromatic N) is 3. The van der Waals surface area contributed by atoms with Gasteiger partial charge in [0.05, 0.1) is 0 Å². The van der Waals surface area contributed by atoms with E-state index in [-0.39, 0.29) is 5.91 Å². The summed E-state index contributed by atoms with van der Waals surface area (Å²) in [5.41, 5.74) is 0.845. The zero-order valence-electron chi connectivity index (χ0n) is 11.6. The van der Waals surface area contributed by atoms with Gasteiger partial charge in [-0.05, 0) is 46.0 Å². The van der Waals surface area contributed by atoms with Crippen LogP contribution < -0.4 is 0 Å². The van der Waals surface area contributed by atoms with Crippen LogP contribution in [0.1, 0.15) is 36.3 Å². The smallest absolute Gasteiger partial charge is 0.270 e. The van der Waals surface area contributed by atoms with E-state index in [1.165, 1.54) is 12.8 Å². The molecule has 0 saturated heterocycles. The number of carbonyl (C=O) groups excluding carboxylic acids is 1. The fourth-order valence-corrected chi connectivity index (χ4v) is 2.13. The Bertz CT molecular complexity index is 407. The molecule has 1 aromatic rings. The molecular formula is C14H23N3O. The summed E-state index contributed by atoms with van der Waals surface area (Å²) in [4.78, 5) is 16.5. The summed E-state index contributed by atoms with van der Waals surface area (Å²) in [5.74, 6) is 0.163. The highest BCUT2D eigenvalue weighted by atomic mass is 16.2. The van der Waals surface area contributed by atoms with Gasteiger partial charge in [-0.2, -0.15) is 0 Å². The molecule has 100 valence electrons. The second-order valence-electron chi connectivity index (χ2n) is 5.22. The van der Waals surface area contributed by atoms with Crippen LogP contribution in [-0.4, -0.2) is 54.0 Å². The molecule has 4 heteroatoms. The van der Waals surface area contributed by atoms with Crippen LogP contribution in [-0.2, 0) is 0 Å². The van der Waals surface area contributed by atoms with Crippen molar-refractivity contribution in [3.63, 3.8) is 0 Å². The Morgan fingerprint density at radius 2 is 2.11 bits per heavy atom. The number of rotatable bonds is 6. The molecule has 2 rings (SSSR count). The first-order valence-electron chi connectivity index (χ1n) is 6.74. The van der Waals surface area contributed by atoms with E-state index < -0.39 is 0 Å². The second kappa shape index (κ2) is 5.57. The van der Waals surface area contributed by atoms with E-state index in [9.17, 15) is 4.79 Å². The molecule has 1 aromatic heterocycles. The zero-order valence-corrected chi connectivity index (χ0v) is 11.6. The van der Waals surface area contributed by atoms with Crippen molar-refractivity contribution in [2.45, 2.75) is 25.8 Å². The van der Waals surface area contributed by atoms with Gasteiger partial charge in [-0.1, -0.05) is 0 Å². The van der Waals surface area contributed by atoms with Crippen molar-refractivity contribution in [1.29, 1.82) is 0 Å². The van der Waals surface area contributed by atoms with Crippen molar-refractivity contribution >= 4 is 5.91 Å². The van der Waals surface area contributed by atoms with Crippen molar-refractivity contribution in [1.82, 2.24) is 14.4 Å². The van der Waals surface area contributed by atoms with Gasteiger partial charge in [0.25, 0.3) is 5.91 Å². The summed E-state index contributed by atoms with van der Waals surface area (Å²) in [5, 5.41) is 0. The van der Waals surface area contributed by atoms with Crippen LogP contribution in [0, 0.1) is 0 Å². The number of hydrogen-bond acceptors (Lipinski definition) is 2. The van der Waals surface area contributed by atoms with Gasteiger partial charge >= 0.3 is 0 Å². The van der Waals surface area contributed by atoms with Crippen molar-refractivity contribution in [2.75, 3.05) is 33.7 Å². The molecule has 1 aliphatic carbocycles. The highest BCUT2D eigenvalue weighted by Crippen LogP contribution is 2.36. The third-order valence-electron chi connectivity index (χ3n) is 3.42. The first kappa shape index (κ1) is 13.1. The number of likely N-dealkylation sites (N-methyl/N-ethyl adjacent to an activating group) is 2. The lowest BCUT2D eigenvalue weighted by atomic mass is 10.3. The van der Waals surface area contributed by atoms with Crippen LogP contribution in [0.25, 0.3) is 0 Å². The van der Waals surface area contributed by atoms with Crippen LogP contribution in [0.15, 0.2) is 18.3 Å². The molecule has 18 heavy (non-hydrogen) atoms. The van der Waals surface area contributed by atoms with Gasteiger partial charge in [0.15, 0.2) is 0 Å². The Kier molecular flexibility index (Phi) is 4.07. The van der Waals surface area contributed by atoms with Crippen LogP contribution in [0.3, 0.4) is 0 Å². The lowest BCUT2D eigenvalue weighted by molar-refractivity contribution is 0.0743. The molecule has 0 atom stereocenters. The predicted octanol–water partition coefficient (Wildman–Crippen LogP) is 1.85. The first-order valence-corrected chi connectivity index (χ1v) is 6.74. The van der Waals surface area contributed by atoms with Crippen LogP contribution >= 0.6 is 0 Å². The van der Waals surface area contributed by atoms with Crippen molar-refractivity contribution in [3.8, 4) is 0 Å². The fraction of sp³-hybridized carbons (Fsp3) is 0.643. The van der Waals surface area contributed by atoms with E-state index >= 15 is 0 Å². The Balaban J connectivity index is 2.05. The van der Waals surface area contributed by atoms with E-state index in [0.717, 1.165) is 25.3 Å². The molecule has 4 nitrogen and oxygen atoms in total. The Labute approximate surface area is 109 Å². The van der Waals surface area contributed by atoms with E-state index in [1.54, 1.807) is 0 Å². The summed E-state index contributed by atoms with van der Waals surface area (Å²) < 4.78 is 2.14. The maximum absolute atomic E-state index is 12.5. The number of aromatic nitrogens is 1. The summed E-state index contributed by atoms with van der Waals surface area (Å²) in [6.07, 6.45) is 4.45. The monoisotopic (exact) mass is 249 g/mol. The molecule has 1 fully saturated rings. The molecule has 0 aliphatic heterocycles. The number of carbonyl (C=O) groups is 1. The average molecular weight is 249 g/mol. The number of amides is 1. The molecule has 1 saturated carbocycles. The number of hydrogen-bond donors (Lipinski definition) is 0. The molecule has 0 N–H and O–H groups in total. The third-order valence-corrected chi connectivity index (χ3v) is 3.42. The lowest BCUT2D eigenvalue weighted by Crippen LogP contribution is -2.37. The fourth-order valence-electron chi connectivity index (χ4n) is 2.13. The molecule has 1 aliphatic rings. The zero-order chi connectivity index (χ0) is 13.1. The summed E-state index contributed by atoms with van der Waals surface area (Å²) in [7, 11) is 4.07. The van der Waals surface area contributed by atoms with Gasteiger partial charge in [0.1, 0.15) is 5.69 Å². The maximum Gasteiger partial charge on any atom is 0.270 e. The van der Waals surface area contributed by atoms with E-state index in [0.29, 0.717) is 6.04 Å². The SMILES string of the molecule is CCN(CCN(C)C)C(=O)c1cccn1C1CC1. The quantitative estimate of drug-likeness (QED) is 0.769. The van der Waals surface area contributed by atoms with Crippen molar-refractivity contribution < 1.29 is 4.79 Å². The Morgan fingerprint density at radius 3 is 2.67 bits per heavy atom. The Morgan fingerprint density at radius 1 is 1.39 bits per heavy atom. The van der Waals surface area contributed by atoms with E-state index in [4.69, 9.17) is 0 Å². The van der Waals surface area contributed by atoms with E-state index in [1.807, 2.05) is 44.2 Å². The molecular weight excluding hydrogens is 226 g/mol. The van der Waals surface area contributed by atoms with Crippen molar-refractivity contribution in [3.05, 3.63) is 24.0 Å². The highest BCUT2D eigenvalue weighted by Gasteiger charge is 2.28. The normalized spacial score (nSPS) is 15.1.